The molecular formula is C13H21N3O. The summed E-state index contributed by atoms with van der Waals surface area (Å²) in [5.41, 5.74) is 2.71. The van der Waals surface area contributed by atoms with Gasteiger partial charge in [0.2, 0.25) is 0 Å². The summed E-state index contributed by atoms with van der Waals surface area (Å²) in [7, 11) is 2.15. The molecule has 0 radical (unpaired) electrons. The van der Waals surface area contributed by atoms with E-state index in [2.05, 4.69) is 21.7 Å². The zero-order chi connectivity index (χ0) is 12.6. The van der Waals surface area contributed by atoms with E-state index in [1.807, 2.05) is 13.8 Å². The Morgan fingerprint density at radius 1 is 1.29 bits per heavy atom. The molecule has 0 bridgehead atoms. The van der Waals surface area contributed by atoms with Crippen LogP contribution in [-0.2, 0) is 0 Å². The van der Waals surface area contributed by atoms with Gasteiger partial charge in [0.15, 0.2) is 5.78 Å². The molecule has 0 saturated carbocycles. The summed E-state index contributed by atoms with van der Waals surface area (Å²) >= 11 is 0. The Morgan fingerprint density at radius 2 is 1.88 bits per heavy atom. The van der Waals surface area contributed by atoms with Crippen molar-refractivity contribution < 1.29 is 4.79 Å². The van der Waals surface area contributed by atoms with Crippen molar-refractivity contribution in [3.8, 4) is 0 Å². The fraction of sp³-hybridized carbons (Fsp3) is 0.692. The lowest BCUT2D eigenvalue weighted by Crippen LogP contribution is -2.32. The van der Waals surface area contributed by atoms with E-state index in [0.29, 0.717) is 6.04 Å². The summed E-state index contributed by atoms with van der Waals surface area (Å²) in [6.07, 6.45) is 2.24. The van der Waals surface area contributed by atoms with Crippen LogP contribution in [0.2, 0.25) is 0 Å². The molecule has 2 heterocycles. The van der Waals surface area contributed by atoms with E-state index in [0.717, 1.165) is 42.9 Å². The van der Waals surface area contributed by atoms with Crippen LogP contribution in [0.3, 0.4) is 0 Å². The number of ketones is 1. The average Bonchev–Trinajstić information content (AvgIpc) is 2.55. The standard InChI is InChI=1S/C13H21N3O/c1-9-13(11(3)17)10(2)16(14-9)12-5-7-15(4)8-6-12/h12H,5-8H2,1-4H3. The van der Waals surface area contributed by atoms with Gasteiger partial charge in [-0.05, 0) is 53.8 Å². The molecule has 0 N–H and O–H groups in total. The summed E-state index contributed by atoms with van der Waals surface area (Å²) in [5, 5.41) is 4.56. The summed E-state index contributed by atoms with van der Waals surface area (Å²) in [6, 6.07) is 0.456. The van der Waals surface area contributed by atoms with E-state index in [1.165, 1.54) is 0 Å². The van der Waals surface area contributed by atoms with Gasteiger partial charge >= 0.3 is 0 Å². The molecule has 4 heteroatoms. The van der Waals surface area contributed by atoms with Crippen LogP contribution in [0.25, 0.3) is 0 Å². The van der Waals surface area contributed by atoms with Gasteiger partial charge in [-0.25, -0.2) is 0 Å². The number of rotatable bonds is 2. The van der Waals surface area contributed by atoms with Gasteiger partial charge in [-0.15, -0.1) is 0 Å². The van der Waals surface area contributed by atoms with Gasteiger partial charge in [0.25, 0.3) is 0 Å². The number of aryl methyl sites for hydroxylation is 1. The summed E-state index contributed by atoms with van der Waals surface area (Å²) in [6.45, 7) is 7.77. The Labute approximate surface area is 103 Å². The van der Waals surface area contributed by atoms with Crippen LogP contribution >= 0.6 is 0 Å². The van der Waals surface area contributed by atoms with Crippen LogP contribution in [0.5, 0.6) is 0 Å². The van der Waals surface area contributed by atoms with Crippen molar-refractivity contribution in [2.24, 2.45) is 0 Å². The van der Waals surface area contributed by atoms with Crippen molar-refractivity contribution in [3.63, 3.8) is 0 Å². The molecular weight excluding hydrogens is 214 g/mol. The fourth-order valence-corrected chi connectivity index (χ4v) is 2.77. The van der Waals surface area contributed by atoms with Crippen LogP contribution in [-0.4, -0.2) is 40.6 Å². The second-order valence-electron chi connectivity index (χ2n) is 5.08. The quantitative estimate of drug-likeness (QED) is 0.736. The van der Waals surface area contributed by atoms with Crippen molar-refractivity contribution in [1.29, 1.82) is 0 Å². The second-order valence-corrected chi connectivity index (χ2v) is 5.08. The molecule has 1 aliphatic rings. The third-order valence-electron chi connectivity index (χ3n) is 3.71. The van der Waals surface area contributed by atoms with Crippen molar-refractivity contribution >= 4 is 5.78 Å². The topological polar surface area (TPSA) is 38.1 Å². The van der Waals surface area contributed by atoms with Gasteiger partial charge in [-0.2, -0.15) is 5.10 Å². The number of likely N-dealkylation sites (tertiary alicyclic amines) is 1. The largest absolute Gasteiger partial charge is 0.306 e. The summed E-state index contributed by atoms with van der Waals surface area (Å²) in [4.78, 5) is 13.9. The van der Waals surface area contributed by atoms with Gasteiger partial charge < -0.3 is 4.90 Å². The number of hydrogen-bond acceptors (Lipinski definition) is 3. The highest BCUT2D eigenvalue weighted by molar-refractivity contribution is 5.96. The van der Waals surface area contributed by atoms with Gasteiger partial charge in [0, 0.05) is 5.69 Å². The molecule has 94 valence electrons. The van der Waals surface area contributed by atoms with Gasteiger partial charge in [0.05, 0.1) is 17.3 Å². The number of carbonyl (C=O) groups excluding carboxylic acids is 1. The number of Topliss-reactive ketones (excluding diaryl/α,β-unsaturated/α-hetero) is 1. The zero-order valence-corrected chi connectivity index (χ0v) is 11.2. The maximum atomic E-state index is 11.6. The van der Waals surface area contributed by atoms with Crippen LogP contribution in [0, 0.1) is 13.8 Å². The minimum absolute atomic E-state index is 0.124. The van der Waals surface area contributed by atoms with E-state index in [9.17, 15) is 4.79 Å². The lowest BCUT2D eigenvalue weighted by atomic mass is 10.0. The van der Waals surface area contributed by atoms with Crippen LogP contribution in [0.1, 0.15) is 47.6 Å². The Balaban J connectivity index is 2.28. The lowest BCUT2D eigenvalue weighted by molar-refractivity contribution is 0.101. The van der Waals surface area contributed by atoms with Gasteiger partial charge in [0.1, 0.15) is 0 Å². The second kappa shape index (κ2) is 4.61. The molecule has 1 aromatic rings. The zero-order valence-electron chi connectivity index (χ0n) is 11.2. The highest BCUT2D eigenvalue weighted by atomic mass is 16.1. The Kier molecular flexibility index (Phi) is 3.33. The third-order valence-corrected chi connectivity index (χ3v) is 3.71. The predicted octanol–water partition coefficient (Wildman–Crippen LogP) is 1.97. The normalized spacial score (nSPS) is 18.6. The maximum Gasteiger partial charge on any atom is 0.163 e. The number of hydrogen-bond donors (Lipinski definition) is 0. The number of piperidine rings is 1. The van der Waals surface area contributed by atoms with E-state index in [1.54, 1.807) is 6.92 Å². The Hall–Kier alpha value is -1.16. The minimum atomic E-state index is 0.124. The monoisotopic (exact) mass is 235 g/mol. The Morgan fingerprint density at radius 3 is 2.35 bits per heavy atom. The summed E-state index contributed by atoms with van der Waals surface area (Å²) < 4.78 is 2.07. The first-order valence-corrected chi connectivity index (χ1v) is 6.26. The van der Waals surface area contributed by atoms with Crippen LogP contribution in [0.15, 0.2) is 0 Å². The van der Waals surface area contributed by atoms with Crippen molar-refractivity contribution in [1.82, 2.24) is 14.7 Å². The molecule has 1 saturated heterocycles. The first-order valence-electron chi connectivity index (χ1n) is 6.26. The lowest BCUT2D eigenvalue weighted by Gasteiger charge is -2.29. The highest BCUT2D eigenvalue weighted by Crippen LogP contribution is 2.25. The molecule has 0 unspecified atom stereocenters. The van der Waals surface area contributed by atoms with Gasteiger partial charge in [-0.3, -0.25) is 9.48 Å². The van der Waals surface area contributed by atoms with E-state index in [-0.39, 0.29) is 5.78 Å². The summed E-state index contributed by atoms with van der Waals surface area (Å²) in [5.74, 6) is 0.124. The maximum absolute atomic E-state index is 11.6. The van der Waals surface area contributed by atoms with Crippen molar-refractivity contribution in [2.75, 3.05) is 20.1 Å². The molecule has 0 spiro atoms. The predicted molar refractivity (Wildman–Crippen MR) is 67.5 cm³/mol. The third kappa shape index (κ3) is 2.27. The van der Waals surface area contributed by atoms with E-state index in [4.69, 9.17) is 0 Å². The Bertz CT molecular complexity index is 428. The van der Waals surface area contributed by atoms with E-state index >= 15 is 0 Å². The molecule has 1 fully saturated rings. The first-order chi connectivity index (χ1) is 8.00. The molecule has 0 aliphatic carbocycles. The van der Waals surface area contributed by atoms with Crippen molar-refractivity contribution in [2.45, 2.75) is 39.7 Å². The molecule has 0 atom stereocenters. The molecule has 4 nitrogen and oxygen atoms in total. The van der Waals surface area contributed by atoms with E-state index < -0.39 is 0 Å². The molecule has 0 amide bonds. The van der Waals surface area contributed by atoms with Crippen LogP contribution in [0.4, 0.5) is 0 Å². The molecule has 1 aromatic heterocycles. The number of nitrogens with zero attached hydrogens (tertiary/aromatic N) is 3. The molecule has 1 aliphatic heterocycles. The molecule has 17 heavy (non-hydrogen) atoms. The number of aromatic nitrogens is 2. The highest BCUT2D eigenvalue weighted by Gasteiger charge is 2.23. The molecule has 0 aromatic carbocycles. The van der Waals surface area contributed by atoms with Crippen LogP contribution < -0.4 is 0 Å². The SMILES string of the molecule is CC(=O)c1c(C)nn(C2CCN(C)CC2)c1C. The smallest absolute Gasteiger partial charge is 0.163 e. The first kappa shape index (κ1) is 12.3. The van der Waals surface area contributed by atoms with Crippen molar-refractivity contribution in [3.05, 3.63) is 17.0 Å². The van der Waals surface area contributed by atoms with Gasteiger partial charge in [-0.1, -0.05) is 0 Å². The fourth-order valence-electron chi connectivity index (χ4n) is 2.77. The minimum Gasteiger partial charge on any atom is -0.306 e. The average molecular weight is 235 g/mol. The number of carbonyl (C=O) groups is 1. The molecule has 2 rings (SSSR count).